The topological polar surface area (TPSA) is 59.7 Å². The fourth-order valence-corrected chi connectivity index (χ4v) is 2.03. The summed E-state index contributed by atoms with van der Waals surface area (Å²) in [6.45, 7) is 0. The summed E-state index contributed by atoms with van der Waals surface area (Å²) in [4.78, 5) is 11.3. The van der Waals surface area contributed by atoms with Crippen molar-refractivity contribution in [2.24, 2.45) is 0 Å². The van der Waals surface area contributed by atoms with Crippen molar-refractivity contribution >= 4 is 5.97 Å². The van der Waals surface area contributed by atoms with E-state index < -0.39 is 12.1 Å². The first-order valence-corrected chi connectivity index (χ1v) is 6.60. The van der Waals surface area contributed by atoms with Gasteiger partial charge < -0.3 is 14.3 Å². The summed E-state index contributed by atoms with van der Waals surface area (Å²) >= 11 is 0. The SMILES string of the molecule is COC(=O)c1ccc(C(O)CCCc2ccccc2)o1. The van der Waals surface area contributed by atoms with Crippen molar-refractivity contribution < 1.29 is 19.1 Å². The second-order valence-electron chi connectivity index (χ2n) is 4.59. The molecule has 106 valence electrons. The number of ether oxygens (including phenoxy) is 1. The maximum atomic E-state index is 11.3. The molecule has 1 N–H and O–H groups in total. The maximum Gasteiger partial charge on any atom is 0.373 e. The van der Waals surface area contributed by atoms with Crippen LogP contribution in [0.1, 0.15) is 40.8 Å². The lowest BCUT2D eigenvalue weighted by Crippen LogP contribution is -2.00. The van der Waals surface area contributed by atoms with E-state index >= 15 is 0 Å². The second kappa shape index (κ2) is 6.91. The maximum absolute atomic E-state index is 11.3. The second-order valence-corrected chi connectivity index (χ2v) is 4.59. The highest BCUT2D eigenvalue weighted by Gasteiger charge is 2.16. The van der Waals surface area contributed by atoms with Crippen molar-refractivity contribution in [2.45, 2.75) is 25.4 Å². The Morgan fingerprint density at radius 2 is 2.00 bits per heavy atom. The Balaban J connectivity index is 1.84. The molecular formula is C16H18O4. The number of benzene rings is 1. The fourth-order valence-electron chi connectivity index (χ4n) is 2.03. The fraction of sp³-hybridized carbons (Fsp3) is 0.312. The number of rotatable bonds is 6. The predicted molar refractivity (Wildman–Crippen MR) is 74.4 cm³/mol. The summed E-state index contributed by atoms with van der Waals surface area (Å²) in [5.74, 6) is -0.0178. The molecule has 0 aliphatic heterocycles. The Kier molecular flexibility index (Phi) is 4.96. The van der Waals surface area contributed by atoms with Crippen LogP contribution in [0.25, 0.3) is 0 Å². The molecule has 0 fully saturated rings. The monoisotopic (exact) mass is 274 g/mol. The summed E-state index contributed by atoms with van der Waals surface area (Å²) in [6, 6.07) is 13.2. The van der Waals surface area contributed by atoms with Gasteiger partial charge in [-0.3, -0.25) is 0 Å². The zero-order chi connectivity index (χ0) is 14.4. The van der Waals surface area contributed by atoms with Gasteiger partial charge in [-0.1, -0.05) is 30.3 Å². The molecule has 0 aliphatic rings. The molecule has 0 radical (unpaired) electrons. The molecule has 4 heteroatoms. The van der Waals surface area contributed by atoms with Crippen LogP contribution in [-0.4, -0.2) is 18.2 Å². The van der Waals surface area contributed by atoms with E-state index in [-0.39, 0.29) is 5.76 Å². The van der Waals surface area contributed by atoms with E-state index in [1.807, 2.05) is 18.2 Å². The molecule has 0 bridgehead atoms. The van der Waals surface area contributed by atoms with Gasteiger partial charge in [0.1, 0.15) is 11.9 Å². The van der Waals surface area contributed by atoms with Crippen molar-refractivity contribution in [1.29, 1.82) is 0 Å². The van der Waals surface area contributed by atoms with E-state index in [1.54, 1.807) is 6.07 Å². The van der Waals surface area contributed by atoms with Crippen LogP contribution in [0.15, 0.2) is 46.9 Å². The first-order chi connectivity index (χ1) is 9.70. The molecule has 1 atom stereocenters. The predicted octanol–water partition coefficient (Wildman–Crippen LogP) is 3.12. The van der Waals surface area contributed by atoms with Gasteiger partial charge in [0.25, 0.3) is 0 Å². The van der Waals surface area contributed by atoms with E-state index in [1.165, 1.54) is 18.7 Å². The van der Waals surface area contributed by atoms with Crippen LogP contribution in [-0.2, 0) is 11.2 Å². The molecule has 0 saturated carbocycles. The quantitative estimate of drug-likeness (QED) is 0.822. The van der Waals surface area contributed by atoms with Crippen LogP contribution in [0, 0.1) is 0 Å². The lowest BCUT2D eigenvalue weighted by molar-refractivity contribution is 0.0553. The molecule has 0 saturated heterocycles. The highest BCUT2D eigenvalue weighted by molar-refractivity contribution is 5.86. The lowest BCUT2D eigenvalue weighted by Gasteiger charge is -2.07. The molecular weight excluding hydrogens is 256 g/mol. The largest absolute Gasteiger partial charge is 0.463 e. The van der Waals surface area contributed by atoms with Gasteiger partial charge in [0.2, 0.25) is 5.76 Å². The Hall–Kier alpha value is -2.07. The first-order valence-electron chi connectivity index (χ1n) is 6.60. The van der Waals surface area contributed by atoms with Crippen LogP contribution in [0.4, 0.5) is 0 Å². The molecule has 0 amide bonds. The molecule has 2 rings (SSSR count). The Morgan fingerprint density at radius 1 is 1.25 bits per heavy atom. The molecule has 1 aromatic heterocycles. The number of carbonyl (C=O) groups is 1. The number of hydrogen-bond donors (Lipinski definition) is 1. The number of aryl methyl sites for hydroxylation is 1. The number of methoxy groups -OCH3 is 1. The average Bonchev–Trinajstić information content (AvgIpc) is 2.97. The average molecular weight is 274 g/mol. The van der Waals surface area contributed by atoms with E-state index in [9.17, 15) is 9.90 Å². The van der Waals surface area contributed by atoms with E-state index in [2.05, 4.69) is 16.9 Å². The summed E-state index contributed by atoms with van der Waals surface area (Å²) < 4.78 is 9.83. The van der Waals surface area contributed by atoms with E-state index in [0.717, 1.165) is 12.8 Å². The summed E-state index contributed by atoms with van der Waals surface area (Å²) in [5, 5.41) is 10.0. The number of aliphatic hydroxyl groups is 1. The molecule has 20 heavy (non-hydrogen) atoms. The molecule has 4 nitrogen and oxygen atoms in total. The third kappa shape index (κ3) is 3.71. The molecule has 2 aromatic rings. The van der Waals surface area contributed by atoms with Crippen molar-refractivity contribution in [1.82, 2.24) is 0 Å². The van der Waals surface area contributed by atoms with Crippen LogP contribution >= 0.6 is 0 Å². The van der Waals surface area contributed by atoms with Crippen LogP contribution in [0.5, 0.6) is 0 Å². The van der Waals surface area contributed by atoms with Gasteiger partial charge in [-0.15, -0.1) is 0 Å². The standard InChI is InChI=1S/C16H18O4/c1-19-16(18)15-11-10-14(20-15)13(17)9-5-8-12-6-3-2-4-7-12/h2-4,6-7,10-11,13,17H,5,8-9H2,1H3. The summed E-state index contributed by atoms with van der Waals surface area (Å²) in [7, 11) is 1.29. The van der Waals surface area contributed by atoms with Crippen LogP contribution in [0.2, 0.25) is 0 Å². The molecule has 1 aromatic carbocycles. The number of hydrogen-bond acceptors (Lipinski definition) is 4. The highest BCUT2D eigenvalue weighted by atomic mass is 16.5. The van der Waals surface area contributed by atoms with Gasteiger partial charge in [0.05, 0.1) is 7.11 Å². The minimum atomic E-state index is -0.697. The molecule has 0 aliphatic carbocycles. The van der Waals surface area contributed by atoms with Gasteiger partial charge in [0.15, 0.2) is 0 Å². The Morgan fingerprint density at radius 3 is 2.70 bits per heavy atom. The van der Waals surface area contributed by atoms with E-state index in [0.29, 0.717) is 12.2 Å². The highest BCUT2D eigenvalue weighted by Crippen LogP contribution is 2.22. The first kappa shape index (κ1) is 14.3. The normalized spacial score (nSPS) is 12.1. The number of furan rings is 1. The number of esters is 1. The van der Waals surface area contributed by atoms with Gasteiger partial charge >= 0.3 is 5.97 Å². The van der Waals surface area contributed by atoms with Crippen molar-refractivity contribution in [3.8, 4) is 0 Å². The van der Waals surface area contributed by atoms with E-state index in [4.69, 9.17) is 4.42 Å². The van der Waals surface area contributed by atoms with Crippen molar-refractivity contribution in [3.05, 3.63) is 59.5 Å². The Bertz CT molecular complexity index is 545. The minimum Gasteiger partial charge on any atom is -0.463 e. The summed E-state index contributed by atoms with van der Waals surface area (Å²) in [5.41, 5.74) is 1.24. The molecule has 0 spiro atoms. The third-order valence-corrected chi connectivity index (χ3v) is 3.13. The zero-order valence-electron chi connectivity index (χ0n) is 11.4. The minimum absolute atomic E-state index is 0.115. The van der Waals surface area contributed by atoms with Crippen molar-refractivity contribution in [2.75, 3.05) is 7.11 Å². The third-order valence-electron chi connectivity index (χ3n) is 3.13. The molecule has 1 unspecified atom stereocenters. The van der Waals surface area contributed by atoms with Crippen LogP contribution < -0.4 is 0 Å². The zero-order valence-corrected chi connectivity index (χ0v) is 11.4. The van der Waals surface area contributed by atoms with Gasteiger partial charge in [0, 0.05) is 0 Å². The van der Waals surface area contributed by atoms with Gasteiger partial charge in [-0.25, -0.2) is 4.79 Å². The van der Waals surface area contributed by atoms with Crippen molar-refractivity contribution in [3.63, 3.8) is 0 Å². The number of aliphatic hydroxyl groups excluding tert-OH is 1. The molecule has 1 heterocycles. The number of carbonyl (C=O) groups excluding carboxylic acids is 1. The Labute approximate surface area is 118 Å². The van der Waals surface area contributed by atoms with Crippen LogP contribution in [0.3, 0.4) is 0 Å². The van der Waals surface area contributed by atoms with Gasteiger partial charge in [-0.05, 0) is 37.0 Å². The van der Waals surface area contributed by atoms with Gasteiger partial charge in [-0.2, -0.15) is 0 Å². The lowest BCUT2D eigenvalue weighted by atomic mass is 10.1. The summed E-state index contributed by atoms with van der Waals surface area (Å²) in [6.07, 6.45) is 1.64. The smallest absolute Gasteiger partial charge is 0.373 e.